The molecule has 1 unspecified atom stereocenters. The van der Waals surface area contributed by atoms with E-state index in [1.807, 2.05) is 0 Å². The van der Waals surface area contributed by atoms with Crippen LogP contribution in [0.2, 0.25) is 0 Å². The van der Waals surface area contributed by atoms with Gasteiger partial charge in [-0.2, -0.15) is 0 Å². The number of amides is 2. The maximum absolute atomic E-state index is 11.9. The zero-order valence-corrected chi connectivity index (χ0v) is 9.17. The molecule has 1 aromatic carbocycles. The van der Waals surface area contributed by atoms with Crippen molar-refractivity contribution in [1.82, 2.24) is 4.90 Å². The van der Waals surface area contributed by atoms with Crippen molar-refractivity contribution in [3.8, 4) is 5.75 Å². The normalized spacial score (nSPS) is 23.4. The second-order valence-electron chi connectivity index (χ2n) is 4.32. The molecule has 0 aromatic heterocycles. The molecule has 0 spiro atoms. The van der Waals surface area contributed by atoms with E-state index in [1.54, 1.807) is 34.1 Å². The van der Waals surface area contributed by atoms with Gasteiger partial charge in [0.25, 0.3) is 0 Å². The van der Waals surface area contributed by atoms with E-state index in [1.165, 1.54) is 0 Å². The SMILES string of the molecule is O=C1CCC2N1CC(=O)N2c1cccc(O)c1. The Morgan fingerprint density at radius 1 is 1.24 bits per heavy atom. The predicted molar refractivity (Wildman–Crippen MR) is 60.3 cm³/mol. The minimum absolute atomic E-state index is 0.0333. The lowest BCUT2D eigenvalue weighted by Gasteiger charge is -2.24. The van der Waals surface area contributed by atoms with Crippen LogP contribution in [-0.2, 0) is 9.59 Å². The average molecular weight is 232 g/mol. The third kappa shape index (κ3) is 1.46. The molecule has 2 fully saturated rings. The van der Waals surface area contributed by atoms with Gasteiger partial charge in [-0.25, -0.2) is 0 Å². The minimum atomic E-state index is -0.170. The molecule has 17 heavy (non-hydrogen) atoms. The van der Waals surface area contributed by atoms with Crippen molar-refractivity contribution >= 4 is 17.5 Å². The summed E-state index contributed by atoms with van der Waals surface area (Å²) < 4.78 is 0. The van der Waals surface area contributed by atoms with Crippen LogP contribution in [0, 0.1) is 0 Å². The molecule has 0 bridgehead atoms. The first kappa shape index (κ1) is 10.1. The lowest BCUT2D eigenvalue weighted by molar-refractivity contribution is -0.129. The highest BCUT2D eigenvalue weighted by atomic mass is 16.3. The van der Waals surface area contributed by atoms with E-state index in [0.717, 1.165) is 0 Å². The number of rotatable bonds is 1. The van der Waals surface area contributed by atoms with Crippen LogP contribution in [0.3, 0.4) is 0 Å². The molecule has 0 aliphatic carbocycles. The van der Waals surface area contributed by atoms with Crippen LogP contribution in [0.4, 0.5) is 5.69 Å². The number of benzene rings is 1. The first-order chi connectivity index (χ1) is 8.16. The summed E-state index contributed by atoms with van der Waals surface area (Å²) in [6.07, 6.45) is 0.991. The van der Waals surface area contributed by atoms with Crippen LogP contribution < -0.4 is 4.90 Å². The quantitative estimate of drug-likeness (QED) is 0.774. The Bertz CT molecular complexity index is 500. The number of aromatic hydroxyl groups is 1. The smallest absolute Gasteiger partial charge is 0.248 e. The highest BCUT2D eigenvalue weighted by molar-refractivity contribution is 6.02. The first-order valence-corrected chi connectivity index (χ1v) is 5.57. The lowest BCUT2D eigenvalue weighted by atomic mass is 10.2. The van der Waals surface area contributed by atoms with Crippen LogP contribution in [0.1, 0.15) is 12.8 Å². The number of hydrogen-bond donors (Lipinski definition) is 1. The monoisotopic (exact) mass is 232 g/mol. The van der Waals surface area contributed by atoms with Crippen molar-refractivity contribution in [1.29, 1.82) is 0 Å². The molecule has 5 nitrogen and oxygen atoms in total. The number of hydrogen-bond acceptors (Lipinski definition) is 3. The van der Waals surface area contributed by atoms with E-state index in [4.69, 9.17) is 0 Å². The molecular weight excluding hydrogens is 220 g/mol. The summed E-state index contributed by atoms with van der Waals surface area (Å²) in [5.41, 5.74) is 0.650. The van der Waals surface area contributed by atoms with Gasteiger partial charge < -0.3 is 10.0 Å². The molecule has 5 heteroatoms. The fourth-order valence-electron chi connectivity index (χ4n) is 2.53. The number of anilines is 1. The number of carbonyl (C=O) groups is 2. The summed E-state index contributed by atoms with van der Waals surface area (Å²) in [5.74, 6) is 0.0673. The van der Waals surface area contributed by atoms with Crippen LogP contribution in [0.25, 0.3) is 0 Å². The Hall–Kier alpha value is -2.04. The maximum atomic E-state index is 11.9. The van der Waals surface area contributed by atoms with Crippen LogP contribution in [-0.4, -0.2) is 34.5 Å². The molecule has 2 amide bonds. The van der Waals surface area contributed by atoms with Gasteiger partial charge in [0.05, 0.1) is 0 Å². The van der Waals surface area contributed by atoms with Gasteiger partial charge >= 0.3 is 0 Å². The Balaban J connectivity index is 1.98. The molecule has 0 radical (unpaired) electrons. The number of carbonyl (C=O) groups excluding carboxylic acids is 2. The van der Waals surface area contributed by atoms with Gasteiger partial charge in [0.1, 0.15) is 18.5 Å². The predicted octanol–water partition coefficient (Wildman–Crippen LogP) is 0.687. The molecule has 2 aliphatic rings. The number of fused-ring (bicyclic) bond motifs is 1. The average Bonchev–Trinajstić information content (AvgIpc) is 2.79. The molecule has 2 saturated heterocycles. The van der Waals surface area contributed by atoms with Crippen molar-refractivity contribution in [2.24, 2.45) is 0 Å². The summed E-state index contributed by atoms with van der Waals surface area (Å²) in [6.45, 7) is 0.152. The second kappa shape index (κ2) is 3.48. The van der Waals surface area contributed by atoms with Crippen LogP contribution in [0.5, 0.6) is 5.75 Å². The first-order valence-electron chi connectivity index (χ1n) is 5.57. The van der Waals surface area contributed by atoms with Crippen LogP contribution >= 0.6 is 0 Å². The summed E-state index contributed by atoms with van der Waals surface area (Å²) in [4.78, 5) is 26.6. The van der Waals surface area contributed by atoms with Crippen molar-refractivity contribution in [3.05, 3.63) is 24.3 Å². The highest BCUT2D eigenvalue weighted by Gasteiger charge is 2.45. The zero-order chi connectivity index (χ0) is 12.0. The summed E-state index contributed by atoms with van der Waals surface area (Å²) in [7, 11) is 0. The van der Waals surface area contributed by atoms with Gasteiger partial charge in [0.15, 0.2) is 0 Å². The Morgan fingerprint density at radius 2 is 2.06 bits per heavy atom. The Morgan fingerprint density at radius 3 is 2.82 bits per heavy atom. The van der Waals surface area contributed by atoms with Crippen molar-refractivity contribution in [3.63, 3.8) is 0 Å². The van der Waals surface area contributed by atoms with E-state index >= 15 is 0 Å². The molecule has 1 atom stereocenters. The standard InChI is InChI=1S/C12H12N2O3/c15-9-3-1-2-8(6-9)14-10-4-5-11(16)13(10)7-12(14)17/h1-3,6,10,15H,4-5,7H2. The number of phenolic OH excluding ortho intramolecular Hbond substituents is 1. The van der Waals surface area contributed by atoms with E-state index < -0.39 is 0 Å². The van der Waals surface area contributed by atoms with Gasteiger partial charge in [-0.05, 0) is 18.6 Å². The molecule has 3 rings (SSSR count). The van der Waals surface area contributed by atoms with E-state index in [0.29, 0.717) is 18.5 Å². The molecular formula is C12H12N2O3. The van der Waals surface area contributed by atoms with Crippen LogP contribution in [0.15, 0.2) is 24.3 Å². The topological polar surface area (TPSA) is 60.9 Å². The number of phenols is 1. The minimum Gasteiger partial charge on any atom is -0.508 e. The van der Waals surface area contributed by atoms with E-state index in [2.05, 4.69) is 0 Å². The van der Waals surface area contributed by atoms with Crippen molar-refractivity contribution in [2.75, 3.05) is 11.4 Å². The van der Waals surface area contributed by atoms with Gasteiger partial charge in [-0.3, -0.25) is 14.5 Å². The second-order valence-corrected chi connectivity index (χ2v) is 4.32. The largest absolute Gasteiger partial charge is 0.508 e. The van der Waals surface area contributed by atoms with Gasteiger partial charge in [0.2, 0.25) is 11.8 Å². The number of nitrogens with zero attached hydrogens (tertiary/aromatic N) is 2. The Kier molecular flexibility index (Phi) is 2.07. The van der Waals surface area contributed by atoms with E-state index in [-0.39, 0.29) is 30.3 Å². The summed E-state index contributed by atoms with van der Waals surface area (Å²) >= 11 is 0. The third-order valence-electron chi connectivity index (χ3n) is 3.28. The maximum Gasteiger partial charge on any atom is 0.248 e. The molecule has 1 aromatic rings. The van der Waals surface area contributed by atoms with Gasteiger partial charge in [-0.1, -0.05) is 6.07 Å². The fraction of sp³-hybridized carbons (Fsp3) is 0.333. The highest BCUT2D eigenvalue weighted by Crippen LogP contribution is 2.33. The third-order valence-corrected chi connectivity index (χ3v) is 3.28. The van der Waals surface area contributed by atoms with Gasteiger partial charge in [0, 0.05) is 18.2 Å². The molecule has 0 saturated carbocycles. The van der Waals surface area contributed by atoms with Gasteiger partial charge in [-0.15, -0.1) is 0 Å². The molecule has 2 heterocycles. The lowest BCUT2D eigenvalue weighted by Crippen LogP contribution is -2.36. The van der Waals surface area contributed by atoms with Crippen molar-refractivity contribution in [2.45, 2.75) is 19.0 Å². The van der Waals surface area contributed by atoms with E-state index in [9.17, 15) is 14.7 Å². The van der Waals surface area contributed by atoms with Crippen molar-refractivity contribution < 1.29 is 14.7 Å². The summed E-state index contributed by atoms with van der Waals surface area (Å²) in [5, 5.41) is 9.43. The molecule has 1 N–H and O–H groups in total. The fourth-order valence-corrected chi connectivity index (χ4v) is 2.53. The zero-order valence-electron chi connectivity index (χ0n) is 9.17. The Labute approximate surface area is 98.2 Å². The summed E-state index contributed by atoms with van der Waals surface area (Å²) in [6, 6.07) is 6.56. The molecule has 88 valence electrons. The molecule has 2 aliphatic heterocycles.